The van der Waals surface area contributed by atoms with E-state index < -0.39 is 59.1 Å². The van der Waals surface area contributed by atoms with Gasteiger partial charge in [0.1, 0.15) is 11.4 Å². The maximum absolute atomic E-state index is 16.9. The molecule has 6 heteroatoms. The lowest BCUT2D eigenvalue weighted by Crippen LogP contribution is -2.23. The van der Waals surface area contributed by atoms with Gasteiger partial charge in [-0.05, 0) is 99.5 Å². The SMILES string of the molecule is [2H]c1cc(-c2ccccc2)c2c(oc3c(-c4cc(F)c(C([2H])([2H])C([2H])([2H])c5cc(C([2H])([2H])C(C)(C)c6ccc(-c7ccccc7)nc6)cc(C([2H])([2H])C(C)(C)c6ccc(-c7ccccc7)nc6)c5)cn4)cccc32)c1F. The van der Waals surface area contributed by atoms with E-state index in [-0.39, 0.29) is 39.6 Å². The summed E-state index contributed by atoms with van der Waals surface area (Å²) in [6, 6.07) is 45.9. The van der Waals surface area contributed by atoms with Crippen LogP contribution in [-0.4, -0.2) is 15.0 Å². The Kier molecular flexibility index (Phi) is 9.10. The summed E-state index contributed by atoms with van der Waals surface area (Å²) >= 11 is 0. The van der Waals surface area contributed by atoms with Gasteiger partial charge in [-0.3, -0.25) is 15.0 Å². The van der Waals surface area contributed by atoms with Gasteiger partial charge >= 0.3 is 0 Å². The molecular weight excluding hydrogens is 829 g/mol. The Bertz CT molecular complexity index is 3670. The van der Waals surface area contributed by atoms with Crippen LogP contribution < -0.4 is 0 Å². The molecule has 4 heterocycles. The number of aryl methyl sites for hydroxylation is 2. The van der Waals surface area contributed by atoms with Gasteiger partial charge in [0.15, 0.2) is 11.4 Å². The summed E-state index contributed by atoms with van der Waals surface area (Å²) in [7, 11) is 0. The van der Waals surface area contributed by atoms with Gasteiger partial charge in [0.2, 0.25) is 0 Å². The molecule has 0 spiro atoms. The molecule has 10 aromatic rings. The Labute approximate surface area is 403 Å². The molecule has 0 amide bonds. The minimum atomic E-state index is -3.22. The van der Waals surface area contributed by atoms with Crippen molar-refractivity contribution in [1.29, 1.82) is 0 Å². The van der Waals surface area contributed by atoms with Crippen LogP contribution in [0.2, 0.25) is 0 Å². The highest BCUT2D eigenvalue weighted by Gasteiger charge is 2.26. The van der Waals surface area contributed by atoms with Crippen LogP contribution in [0, 0.1) is 11.6 Å². The van der Waals surface area contributed by atoms with Gasteiger partial charge in [0.05, 0.1) is 18.5 Å². The second-order valence-electron chi connectivity index (χ2n) is 17.6. The molecule has 330 valence electrons. The third-order valence-corrected chi connectivity index (χ3v) is 12.0. The van der Waals surface area contributed by atoms with Crippen LogP contribution in [0.1, 0.15) is 73.4 Å². The zero-order chi connectivity index (χ0) is 54.2. The minimum absolute atomic E-state index is 0.0252. The van der Waals surface area contributed by atoms with Crippen LogP contribution in [0.3, 0.4) is 0 Å². The maximum atomic E-state index is 16.9. The molecule has 4 aromatic heterocycles. The second kappa shape index (κ2) is 18.0. The van der Waals surface area contributed by atoms with Gasteiger partial charge in [0.25, 0.3) is 0 Å². The van der Waals surface area contributed by atoms with E-state index in [9.17, 15) is 11.0 Å². The highest BCUT2D eigenvalue weighted by Crippen LogP contribution is 2.41. The number of hydrogen-bond acceptors (Lipinski definition) is 4. The van der Waals surface area contributed by atoms with Crippen molar-refractivity contribution < 1.29 is 25.5 Å². The van der Waals surface area contributed by atoms with Crippen LogP contribution in [0.5, 0.6) is 0 Å². The smallest absolute Gasteiger partial charge is 0.171 e. The number of benzene rings is 6. The first-order valence-corrected chi connectivity index (χ1v) is 22.0. The Morgan fingerprint density at radius 1 is 0.493 bits per heavy atom. The Morgan fingerprint density at radius 3 is 1.57 bits per heavy atom. The van der Waals surface area contributed by atoms with Gasteiger partial charge < -0.3 is 4.42 Å². The average molecular weight is 889 g/mol. The monoisotopic (exact) mass is 888 g/mol. The van der Waals surface area contributed by atoms with E-state index in [1.165, 1.54) is 24.3 Å². The molecule has 0 aliphatic heterocycles. The van der Waals surface area contributed by atoms with Crippen molar-refractivity contribution in [3.63, 3.8) is 0 Å². The third kappa shape index (κ3) is 9.04. The molecule has 0 N–H and O–H groups in total. The summed E-state index contributed by atoms with van der Waals surface area (Å²) in [5.41, 5.74) is 1.18. The molecule has 0 radical (unpaired) electrons. The van der Waals surface area contributed by atoms with Gasteiger partial charge in [-0.1, -0.05) is 167 Å². The van der Waals surface area contributed by atoms with E-state index in [2.05, 4.69) is 15.0 Å². The Hall–Kier alpha value is -7.57. The van der Waals surface area contributed by atoms with Gasteiger partial charge in [-0.2, -0.15) is 0 Å². The summed E-state index contributed by atoms with van der Waals surface area (Å²) < 4.78 is 125. The minimum Gasteiger partial charge on any atom is -0.452 e. The Balaban J connectivity index is 1.07. The maximum Gasteiger partial charge on any atom is 0.171 e. The van der Waals surface area contributed by atoms with Crippen LogP contribution in [-0.2, 0) is 36.3 Å². The molecule has 6 aromatic carbocycles. The fourth-order valence-electron chi connectivity index (χ4n) is 8.47. The number of furan rings is 1. The number of pyridine rings is 3. The number of nitrogens with zero attached hydrogens (tertiary/aromatic N) is 3. The fraction of sp³-hybridized carbons (Fsp3) is 0.164. The summed E-state index contributed by atoms with van der Waals surface area (Å²) in [5.74, 6) is -2.05. The predicted molar refractivity (Wildman–Crippen MR) is 269 cm³/mol. The molecule has 0 bridgehead atoms. The zero-order valence-electron chi connectivity index (χ0n) is 46.3. The first-order chi connectivity index (χ1) is 36.0. The predicted octanol–water partition coefficient (Wildman–Crippen LogP) is 15.5. The highest BCUT2D eigenvalue weighted by molar-refractivity contribution is 6.15. The van der Waals surface area contributed by atoms with E-state index >= 15 is 8.78 Å². The molecule has 0 atom stereocenters. The van der Waals surface area contributed by atoms with Crippen LogP contribution in [0.25, 0.3) is 66.8 Å². The van der Waals surface area contributed by atoms with Crippen molar-refractivity contribution in [2.75, 3.05) is 0 Å². The lowest BCUT2D eigenvalue weighted by Gasteiger charge is -2.28. The average Bonchev–Trinajstić information content (AvgIpc) is 3.84. The van der Waals surface area contributed by atoms with Crippen LogP contribution in [0.15, 0.2) is 193 Å². The molecule has 10 rings (SSSR count). The van der Waals surface area contributed by atoms with Gasteiger partial charge in [-0.25, -0.2) is 8.78 Å². The normalized spacial score (nSPS) is 14.8. The summed E-state index contributed by atoms with van der Waals surface area (Å²) in [6.45, 7) is 6.69. The molecule has 67 heavy (non-hydrogen) atoms. The number of hydrogen-bond donors (Lipinski definition) is 0. The molecule has 0 aliphatic carbocycles. The fourth-order valence-corrected chi connectivity index (χ4v) is 8.47. The first-order valence-electron chi connectivity index (χ1n) is 26.5. The molecule has 0 unspecified atom stereocenters. The lowest BCUT2D eigenvalue weighted by molar-refractivity contribution is 0.512. The van der Waals surface area contributed by atoms with E-state index in [0.29, 0.717) is 44.4 Å². The molecular formula is C61H51F2N3O. The summed E-state index contributed by atoms with van der Waals surface area (Å²) in [5, 5.41) is 0.862. The number of halogens is 2. The van der Waals surface area contributed by atoms with E-state index in [4.69, 9.17) is 5.79 Å². The van der Waals surface area contributed by atoms with Crippen molar-refractivity contribution in [3.8, 4) is 44.9 Å². The van der Waals surface area contributed by atoms with E-state index in [0.717, 1.165) is 23.4 Å². The largest absolute Gasteiger partial charge is 0.452 e. The van der Waals surface area contributed by atoms with Crippen molar-refractivity contribution in [3.05, 3.63) is 233 Å². The quantitative estimate of drug-likeness (QED) is 0.116. The van der Waals surface area contributed by atoms with Gasteiger partial charge in [-0.15, -0.1) is 0 Å². The molecule has 0 saturated heterocycles. The summed E-state index contributed by atoms with van der Waals surface area (Å²) in [4.78, 5) is 13.8. The molecule has 0 aliphatic rings. The number of fused-ring (bicyclic) bond motifs is 3. The van der Waals surface area contributed by atoms with Crippen molar-refractivity contribution in [2.45, 2.75) is 64.0 Å². The lowest BCUT2D eigenvalue weighted by atomic mass is 9.77. The van der Waals surface area contributed by atoms with Crippen molar-refractivity contribution in [2.24, 2.45) is 0 Å². The first kappa shape index (κ1) is 33.8. The number of para-hydroxylation sites is 1. The topological polar surface area (TPSA) is 51.8 Å². The van der Waals surface area contributed by atoms with Gasteiger partial charge in [0, 0.05) is 68.6 Å². The van der Waals surface area contributed by atoms with Crippen molar-refractivity contribution >= 4 is 21.9 Å². The molecule has 0 fully saturated rings. The second-order valence-corrected chi connectivity index (χ2v) is 17.6. The standard InChI is InChI=1S/C61H51F2N3O/c1-60(2,47-25-29-54(65-38-47)44-17-10-6-11-18-44)35-41-31-40(32-42(33-41)36-61(3,4)48-26-30-55(66-39-48)45-19-12-7-13-20-45)23-24-46-37-64-56(34-53(46)63)50-21-14-22-51-57-49(43-15-8-5-9-16-43)27-28-52(62)59(57)67-58(50)51/h5-22,25-34,37-39H,23-24,35-36H2,1-4H3/i23D2,24D2,28D,35D2,36D2. The summed E-state index contributed by atoms with van der Waals surface area (Å²) in [6.07, 6.45) is -7.11. The van der Waals surface area contributed by atoms with Crippen LogP contribution >= 0.6 is 0 Å². The molecule has 4 nitrogen and oxygen atoms in total. The zero-order valence-corrected chi connectivity index (χ0v) is 37.3. The number of rotatable bonds is 13. The highest BCUT2D eigenvalue weighted by atomic mass is 19.1. The van der Waals surface area contributed by atoms with E-state index in [1.807, 2.05) is 91.0 Å². The third-order valence-electron chi connectivity index (χ3n) is 12.0. The van der Waals surface area contributed by atoms with Crippen molar-refractivity contribution in [1.82, 2.24) is 15.0 Å². The number of aromatic nitrogens is 3. The van der Waals surface area contributed by atoms with E-state index in [1.54, 1.807) is 82.6 Å². The Morgan fingerprint density at radius 2 is 1.03 bits per heavy atom. The van der Waals surface area contributed by atoms with Crippen LogP contribution in [0.4, 0.5) is 8.78 Å². The molecule has 0 saturated carbocycles.